The Balaban J connectivity index is 0.00000248. The molecule has 0 aromatic heterocycles. The molecule has 1 saturated carbocycles. The van der Waals surface area contributed by atoms with Gasteiger partial charge in [0.15, 0.2) is 0 Å². The third kappa shape index (κ3) is 7.96. The number of allylic oxidation sites excluding steroid dienone is 3. The Bertz CT molecular complexity index is 1470. The highest BCUT2D eigenvalue weighted by molar-refractivity contribution is 5.75. The van der Waals surface area contributed by atoms with Gasteiger partial charge in [-0.3, -0.25) is 0 Å². The van der Waals surface area contributed by atoms with E-state index in [1.807, 2.05) is 26.8 Å². The highest BCUT2D eigenvalue weighted by atomic mass is 19.1. The normalized spacial score (nSPS) is 17.0. The molecule has 43 heavy (non-hydrogen) atoms. The van der Waals surface area contributed by atoms with Gasteiger partial charge in [-0.05, 0) is 146 Å². The minimum absolute atomic E-state index is 0.151. The van der Waals surface area contributed by atoms with Crippen LogP contribution in [0, 0.1) is 25.6 Å². The monoisotopic (exact) mass is 579 g/mol. The number of aryl methyl sites for hydroxylation is 2. The summed E-state index contributed by atoms with van der Waals surface area (Å²) in [6.45, 7) is 28.6. The summed E-state index contributed by atoms with van der Waals surface area (Å²) >= 11 is 0. The van der Waals surface area contributed by atoms with E-state index in [9.17, 15) is 4.39 Å². The largest absolute Gasteiger partial charge is 0.364 e. The van der Waals surface area contributed by atoms with Crippen molar-refractivity contribution >= 4 is 11.1 Å². The molecule has 4 rings (SSSR count). The van der Waals surface area contributed by atoms with Gasteiger partial charge in [0.2, 0.25) is 0 Å². The molecule has 0 unspecified atom stereocenters. The van der Waals surface area contributed by atoms with Crippen molar-refractivity contribution in [1.29, 1.82) is 0 Å². The first kappa shape index (κ1) is 34.1. The summed E-state index contributed by atoms with van der Waals surface area (Å²) in [7, 11) is 0. The van der Waals surface area contributed by atoms with Gasteiger partial charge in [-0.2, -0.15) is 0 Å². The van der Waals surface area contributed by atoms with Crippen molar-refractivity contribution in [2.75, 3.05) is 0 Å². The lowest BCUT2D eigenvalue weighted by Crippen LogP contribution is -2.37. The Morgan fingerprint density at radius 1 is 0.860 bits per heavy atom. The van der Waals surface area contributed by atoms with Crippen molar-refractivity contribution < 1.29 is 4.39 Å². The highest BCUT2D eigenvalue weighted by Crippen LogP contribution is 2.36. The molecule has 0 aliphatic heterocycles. The van der Waals surface area contributed by atoms with E-state index >= 15 is 0 Å². The second-order valence-corrected chi connectivity index (χ2v) is 12.3. The standard InChI is InChI=1S/C39H48FN.C2H6/c1-10-32-17-18-35(34-13-11-12-33(22-34)25(2)3)23-36(32)24-41(37-19-14-26(4)15-20-37)31(9)28(6)29(7)39-27(5)16-21-38(40)30(39)8;1-2/h11-13,16-18,21-23,26,37H,2,9-10,14-15,19-20,24H2,1,3-8H3;1-2H3/b29-28+;. The van der Waals surface area contributed by atoms with E-state index in [0.29, 0.717) is 11.6 Å². The summed E-state index contributed by atoms with van der Waals surface area (Å²) in [5, 5.41) is 0. The van der Waals surface area contributed by atoms with Gasteiger partial charge in [0.1, 0.15) is 5.82 Å². The van der Waals surface area contributed by atoms with Gasteiger partial charge in [-0.25, -0.2) is 4.39 Å². The molecule has 0 bridgehead atoms. The maximum absolute atomic E-state index is 14.6. The fraction of sp³-hybridized carbons (Fsp3) is 0.415. The molecule has 0 radical (unpaired) electrons. The maximum atomic E-state index is 14.6. The number of rotatable bonds is 9. The van der Waals surface area contributed by atoms with Crippen molar-refractivity contribution in [2.24, 2.45) is 5.92 Å². The van der Waals surface area contributed by atoms with Crippen LogP contribution >= 0.6 is 0 Å². The van der Waals surface area contributed by atoms with Crippen LogP contribution in [0.15, 0.2) is 79.0 Å². The molecule has 0 N–H and O–H groups in total. The van der Waals surface area contributed by atoms with E-state index < -0.39 is 0 Å². The molecule has 3 aromatic rings. The Morgan fingerprint density at radius 2 is 1.51 bits per heavy atom. The highest BCUT2D eigenvalue weighted by Gasteiger charge is 2.27. The number of nitrogens with zero attached hydrogens (tertiary/aromatic N) is 1. The van der Waals surface area contributed by atoms with Gasteiger partial charge in [0.05, 0.1) is 0 Å². The average molecular weight is 580 g/mol. The predicted octanol–water partition coefficient (Wildman–Crippen LogP) is 12.1. The third-order valence-corrected chi connectivity index (χ3v) is 9.37. The van der Waals surface area contributed by atoms with Gasteiger partial charge in [0.25, 0.3) is 0 Å². The van der Waals surface area contributed by atoms with Crippen LogP contribution < -0.4 is 0 Å². The summed E-state index contributed by atoms with van der Waals surface area (Å²) in [4.78, 5) is 2.57. The Kier molecular flexibility index (Phi) is 12.2. The minimum Gasteiger partial charge on any atom is -0.364 e. The van der Waals surface area contributed by atoms with Crippen LogP contribution in [-0.4, -0.2) is 10.9 Å². The van der Waals surface area contributed by atoms with Crippen LogP contribution in [0.2, 0.25) is 0 Å². The number of benzene rings is 3. The molecule has 0 heterocycles. The average Bonchev–Trinajstić information content (AvgIpc) is 3.02. The third-order valence-electron chi connectivity index (χ3n) is 9.37. The minimum atomic E-state index is -0.151. The molecule has 0 spiro atoms. The zero-order valence-electron chi connectivity index (χ0n) is 28.3. The van der Waals surface area contributed by atoms with E-state index in [-0.39, 0.29) is 5.82 Å². The molecular formula is C41H54FN. The summed E-state index contributed by atoms with van der Waals surface area (Å²) in [6.07, 6.45) is 5.82. The van der Waals surface area contributed by atoms with E-state index in [2.05, 4.69) is 95.5 Å². The molecular weight excluding hydrogens is 525 g/mol. The Hall–Kier alpha value is -3.39. The molecule has 1 aliphatic carbocycles. The second kappa shape index (κ2) is 15.4. The van der Waals surface area contributed by atoms with Crippen molar-refractivity contribution in [3.63, 3.8) is 0 Å². The van der Waals surface area contributed by atoms with Gasteiger partial charge >= 0.3 is 0 Å². The summed E-state index contributed by atoms with van der Waals surface area (Å²) in [5.41, 5.74) is 13.6. The van der Waals surface area contributed by atoms with Crippen molar-refractivity contribution in [1.82, 2.24) is 4.90 Å². The van der Waals surface area contributed by atoms with E-state index in [0.717, 1.165) is 52.4 Å². The predicted molar refractivity (Wildman–Crippen MR) is 188 cm³/mol. The van der Waals surface area contributed by atoms with Crippen LogP contribution in [0.25, 0.3) is 22.3 Å². The number of hydrogen-bond acceptors (Lipinski definition) is 1. The van der Waals surface area contributed by atoms with Crippen molar-refractivity contribution in [2.45, 2.75) is 107 Å². The fourth-order valence-corrected chi connectivity index (χ4v) is 6.46. The zero-order valence-corrected chi connectivity index (χ0v) is 28.3. The molecule has 1 nitrogen and oxygen atoms in total. The van der Waals surface area contributed by atoms with Crippen LogP contribution in [-0.2, 0) is 13.0 Å². The first-order valence-corrected chi connectivity index (χ1v) is 16.3. The number of halogens is 1. The maximum Gasteiger partial charge on any atom is 0.126 e. The molecule has 0 saturated heterocycles. The first-order valence-electron chi connectivity index (χ1n) is 16.3. The lowest BCUT2D eigenvalue weighted by atomic mass is 9.85. The van der Waals surface area contributed by atoms with Gasteiger partial charge < -0.3 is 4.90 Å². The van der Waals surface area contributed by atoms with Crippen LogP contribution in [0.3, 0.4) is 0 Å². The fourth-order valence-electron chi connectivity index (χ4n) is 6.46. The Morgan fingerprint density at radius 3 is 2.14 bits per heavy atom. The van der Waals surface area contributed by atoms with Gasteiger partial charge in [-0.1, -0.05) is 82.8 Å². The van der Waals surface area contributed by atoms with Gasteiger partial charge in [-0.15, -0.1) is 0 Å². The van der Waals surface area contributed by atoms with Crippen molar-refractivity contribution in [3.05, 3.63) is 118 Å². The van der Waals surface area contributed by atoms with Crippen molar-refractivity contribution in [3.8, 4) is 11.1 Å². The van der Waals surface area contributed by atoms with Crippen LogP contribution in [0.1, 0.15) is 108 Å². The zero-order chi connectivity index (χ0) is 31.8. The number of hydrogen-bond donors (Lipinski definition) is 0. The van der Waals surface area contributed by atoms with E-state index in [1.54, 1.807) is 6.07 Å². The topological polar surface area (TPSA) is 3.24 Å². The molecule has 1 aliphatic rings. The first-order chi connectivity index (χ1) is 20.5. The molecule has 230 valence electrons. The van der Waals surface area contributed by atoms with Crippen LogP contribution in [0.5, 0.6) is 0 Å². The lowest BCUT2D eigenvalue weighted by Gasteiger charge is -2.40. The SMILES string of the molecule is C=C(C)c1cccc(-c2ccc(CC)c(CN(C(=C)/C(C)=C(\C)c3c(C)ccc(F)c3C)C3CCC(C)CC3)c2)c1.CC. The smallest absolute Gasteiger partial charge is 0.126 e. The quantitative estimate of drug-likeness (QED) is 0.228. The molecule has 0 atom stereocenters. The Labute approximate surface area is 262 Å². The van der Waals surface area contributed by atoms with Gasteiger partial charge in [0, 0.05) is 18.3 Å². The molecule has 2 heteroatoms. The second-order valence-electron chi connectivity index (χ2n) is 12.3. The lowest BCUT2D eigenvalue weighted by molar-refractivity contribution is 0.174. The summed E-state index contributed by atoms with van der Waals surface area (Å²) in [5.74, 6) is 0.620. The molecule has 0 amide bonds. The van der Waals surface area contributed by atoms with E-state index in [1.165, 1.54) is 53.5 Å². The molecule has 1 fully saturated rings. The summed E-state index contributed by atoms with van der Waals surface area (Å²) in [6, 6.07) is 19.5. The van der Waals surface area contributed by atoms with Crippen LogP contribution in [0.4, 0.5) is 4.39 Å². The van der Waals surface area contributed by atoms with E-state index in [4.69, 9.17) is 6.58 Å². The summed E-state index contributed by atoms with van der Waals surface area (Å²) < 4.78 is 14.6. The molecule has 3 aromatic carbocycles.